The van der Waals surface area contributed by atoms with Crippen molar-refractivity contribution < 1.29 is 19.2 Å². The largest absolute Gasteiger partial charge is 0.374 e. The van der Waals surface area contributed by atoms with Crippen molar-refractivity contribution in [2.75, 3.05) is 31.6 Å². The van der Waals surface area contributed by atoms with Crippen LogP contribution in [0.5, 0.6) is 0 Å². The molecule has 0 aliphatic carbocycles. The standard InChI is InChI=1S/C20H24N4O4/c1-23(11-12-6-8-21-9-7-12)13-2-3-14-15(10-13)20(28)24(19(14)27)16-4-5-17(25)22-18(16)26/h2-3,10,12,16,21H,4-9,11H2,1H3,(H,22,25,26). The van der Waals surface area contributed by atoms with Gasteiger partial charge in [-0.1, -0.05) is 0 Å². The predicted molar refractivity (Wildman–Crippen MR) is 102 cm³/mol. The Balaban J connectivity index is 1.53. The number of hydrogen-bond donors (Lipinski definition) is 2. The molecule has 0 saturated carbocycles. The highest BCUT2D eigenvalue weighted by atomic mass is 16.2. The second-order valence-corrected chi connectivity index (χ2v) is 7.75. The smallest absolute Gasteiger partial charge is 0.262 e. The van der Waals surface area contributed by atoms with Gasteiger partial charge in [-0.3, -0.25) is 29.4 Å². The van der Waals surface area contributed by atoms with Crippen molar-refractivity contribution in [1.82, 2.24) is 15.5 Å². The maximum atomic E-state index is 12.9. The average molecular weight is 384 g/mol. The zero-order chi connectivity index (χ0) is 19.8. The molecule has 0 bridgehead atoms. The number of anilines is 1. The zero-order valence-electron chi connectivity index (χ0n) is 15.9. The lowest BCUT2D eigenvalue weighted by molar-refractivity contribution is -0.136. The third-order valence-electron chi connectivity index (χ3n) is 5.85. The highest BCUT2D eigenvalue weighted by Gasteiger charge is 2.44. The Morgan fingerprint density at radius 1 is 1.04 bits per heavy atom. The van der Waals surface area contributed by atoms with E-state index in [1.54, 1.807) is 12.1 Å². The number of imide groups is 2. The van der Waals surface area contributed by atoms with Gasteiger partial charge in [0.2, 0.25) is 11.8 Å². The second kappa shape index (κ2) is 7.35. The summed E-state index contributed by atoms with van der Waals surface area (Å²) in [6.07, 6.45) is 2.53. The van der Waals surface area contributed by atoms with Gasteiger partial charge < -0.3 is 10.2 Å². The Bertz CT molecular complexity index is 847. The summed E-state index contributed by atoms with van der Waals surface area (Å²) in [5, 5.41) is 5.57. The summed E-state index contributed by atoms with van der Waals surface area (Å²) < 4.78 is 0. The molecule has 0 radical (unpaired) electrons. The molecule has 2 fully saturated rings. The fourth-order valence-corrected chi connectivity index (χ4v) is 4.25. The van der Waals surface area contributed by atoms with Crippen molar-refractivity contribution in [2.45, 2.75) is 31.7 Å². The summed E-state index contributed by atoms with van der Waals surface area (Å²) >= 11 is 0. The predicted octanol–water partition coefficient (Wildman–Crippen LogP) is 0.524. The Morgan fingerprint density at radius 3 is 2.46 bits per heavy atom. The van der Waals surface area contributed by atoms with Crippen molar-refractivity contribution in [3.8, 4) is 0 Å². The van der Waals surface area contributed by atoms with Crippen LogP contribution in [-0.2, 0) is 9.59 Å². The van der Waals surface area contributed by atoms with Crippen molar-refractivity contribution in [2.24, 2.45) is 5.92 Å². The summed E-state index contributed by atoms with van der Waals surface area (Å²) in [5.74, 6) is -1.31. The summed E-state index contributed by atoms with van der Waals surface area (Å²) in [7, 11) is 1.99. The molecule has 3 aliphatic heterocycles. The SMILES string of the molecule is CN(CC1CCNCC1)c1ccc2c(c1)C(=O)N(C1CCC(=O)NC1=O)C2=O. The topological polar surface area (TPSA) is 98.8 Å². The molecular formula is C20H24N4O4. The van der Waals surface area contributed by atoms with Crippen LogP contribution in [-0.4, -0.2) is 61.3 Å². The van der Waals surface area contributed by atoms with Gasteiger partial charge in [0.1, 0.15) is 6.04 Å². The Morgan fingerprint density at radius 2 is 1.75 bits per heavy atom. The minimum atomic E-state index is -0.930. The van der Waals surface area contributed by atoms with E-state index in [1.165, 1.54) is 0 Å². The number of carbonyl (C=O) groups excluding carboxylic acids is 4. The Hall–Kier alpha value is -2.74. The molecule has 4 rings (SSSR count). The molecule has 1 aromatic carbocycles. The molecule has 28 heavy (non-hydrogen) atoms. The Labute approximate surface area is 163 Å². The van der Waals surface area contributed by atoms with Gasteiger partial charge in [-0.2, -0.15) is 0 Å². The molecule has 2 saturated heterocycles. The van der Waals surface area contributed by atoms with Crippen LogP contribution < -0.4 is 15.5 Å². The molecule has 1 unspecified atom stereocenters. The maximum Gasteiger partial charge on any atom is 0.262 e. The van der Waals surface area contributed by atoms with E-state index in [0.29, 0.717) is 17.0 Å². The molecule has 8 heteroatoms. The van der Waals surface area contributed by atoms with E-state index in [9.17, 15) is 19.2 Å². The highest BCUT2D eigenvalue weighted by Crippen LogP contribution is 2.30. The zero-order valence-corrected chi connectivity index (χ0v) is 15.9. The molecule has 0 aromatic heterocycles. The normalized spacial score (nSPS) is 23.0. The quantitative estimate of drug-likeness (QED) is 0.735. The summed E-state index contributed by atoms with van der Waals surface area (Å²) in [6, 6.07) is 4.32. The van der Waals surface area contributed by atoms with Crippen LogP contribution >= 0.6 is 0 Å². The number of benzene rings is 1. The first-order valence-electron chi connectivity index (χ1n) is 9.73. The van der Waals surface area contributed by atoms with Crippen LogP contribution in [0, 0.1) is 5.92 Å². The first-order chi connectivity index (χ1) is 13.5. The summed E-state index contributed by atoms with van der Waals surface area (Å²) in [6.45, 7) is 2.94. The van der Waals surface area contributed by atoms with Crippen LogP contribution in [0.3, 0.4) is 0 Å². The van der Waals surface area contributed by atoms with Crippen LogP contribution in [0.2, 0.25) is 0 Å². The molecule has 1 aromatic rings. The molecular weight excluding hydrogens is 360 g/mol. The molecule has 3 heterocycles. The van der Waals surface area contributed by atoms with Crippen LogP contribution in [0.25, 0.3) is 0 Å². The number of piperidine rings is 2. The number of amides is 4. The average Bonchev–Trinajstić information content (AvgIpc) is 2.93. The fourth-order valence-electron chi connectivity index (χ4n) is 4.25. The van der Waals surface area contributed by atoms with Gasteiger partial charge in [0.15, 0.2) is 0 Å². The van der Waals surface area contributed by atoms with Crippen LogP contribution in [0.15, 0.2) is 18.2 Å². The van der Waals surface area contributed by atoms with Crippen molar-refractivity contribution in [3.05, 3.63) is 29.3 Å². The summed E-state index contributed by atoms with van der Waals surface area (Å²) in [5.41, 5.74) is 1.52. The monoisotopic (exact) mass is 384 g/mol. The number of nitrogens with one attached hydrogen (secondary N) is 2. The van der Waals surface area contributed by atoms with E-state index < -0.39 is 23.8 Å². The maximum absolute atomic E-state index is 12.9. The number of hydrogen-bond acceptors (Lipinski definition) is 6. The van der Waals surface area contributed by atoms with Gasteiger partial charge in [0.05, 0.1) is 11.1 Å². The molecule has 2 N–H and O–H groups in total. The minimum absolute atomic E-state index is 0.119. The Kier molecular flexibility index (Phi) is 4.89. The van der Waals surface area contributed by atoms with E-state index >= 15 is 0 Å². The number of nitrogens with zero attached hydrogens (tertiary/aromatic N) is 2. The molecule has 0 spiro atoms. The van der Waals surface area contributed by atoms with E-state index in [-0.39, 0.29) is 18.7 Å². The van der Waals surface area contributed by atoms with Gasteiger partial charge in [-0.15, -0.1) is 0 Å². The minimum Gasteiger partial charge on any atom is -0.374 e. The van der Waals surface area contributed by atoms with Crippen molar-refractivity contribution in [1.29, 1.82) is 0 Å². The van der Waals surface area contributed by atoms with Crippen molar-refractivity contribution in [3.63, 3.8) is 0 Å². The second-order valence-electron chi connectivity index (χ2n) is 7.75. The first kappa shape index (κ1) is 18.6. The first-order valence-corrected chi connectivity index (χ1v) is 9.73. The lowest BCUT2D eigenvalue weighted by atomic mass is 9.97. The molecule has 8 nitrogen and oxygen atoms in total. The third-order valence-corrected chi connectivity index (χ3v) is 5.85. The fraction of sp³-hybridized carbons (Fsp3) is 0.500. The van der Waals surface area contributed by atoms with Crippen LogP contribution in [0.1, 0.15) is 46.4 Å². The molecule has 148 valence electrons. The third kappa shape index (κ3) is 3.28. The van der Waals surface area contributed by atoms with Gasteiger partial charge in [0, 0.05) is 25.7 Å². The number of carbonyl (C=O) groups is 4. The van der Waals surface area contributed by atoms with E-state index in [2.05, 4.69) is 15.5 Å². The van der Waals surface area contributed by atoms with Gasteiger partial charge in [-0.25, -0.2) is 0 Å². The van der Waals surface area contributed by atoms with Crippen LogP contribution in [0.4, 0.5) is 5.69 Å². The number of rotatable bonds is 4. The lowest BCUT2D eigenvalue weighted by Crippen LogP contribution is -2.54. The highest BCUT2D eigenvalue weighted by molar-refractivity contribution is 6.23. The molecule has 4 amide bonds. The molecule has 3 aliphatic rings. The van der Waals surface area contributed by atoms with Gasteiger partial charge in [0.25, 0.3) is 11.8 Å². The van der Waals surface area contributed by atoms with Gasteiger partial charge >= 0.3 is 0 Å². The summed E-state index contributed by atoms with van der Waals surface area (Å²) in [4.78, 5) is 52.3. The van der Waals surface area contributed by atoms with E-state index in [0.717, 1.165) is 43.1 Å². The van der Waals surface area contributed by atoms with Crippen molar-refractivity contribution >= 4 is 29.3 Å². The van der Waals surface area contributed by atoms with E-state index in [4.69, 9.17) is 0 Å². The van der Waals surface area contributed by atoms with Gasteiger partial charge in [-0.05, 0) is 56.5 Å². The van der Waals surface area contributed by atoms with E-state index in [1.807, 2.05) is 13.1 Å². The number of fused-ring (bicyclic) bond motifs is 1. The molecule has 1 atom stereocenters. The lowest BCUT2D eigenvalue weighted by Gasteiger charge is -2.29.